The number of benzene rings is 3. The molecule has 3 aromatic carbocycles. The van der Waals surface area contributed by atoms with Crippen molar-refractivity contribution in [2.75, 3.05) is 44.6 Å². The van der Waals surface area contributed by atoms with Crippen molar-refractivity contribution in [3.8, 4) is 0 Å². The van der Waals surface area contributed by atoms with Gasteiger partial charge in [0.1, 0.15) is 0 Å². The van der Waals surface area contributed by atoms with Crippen molar-refractivity contribution in [3.63, 3.8) is 0 Å². The van der Waals surface area contributed by atoms with Crippen LogP contribution < -0.4 is 5.32 Å². The van der Waals surface area contributed by atoms with E-state index in [1.807, 2.05) is 54.6 Å². The van der Waals surface area contributed by atoms with Crippen LogP contribution in [0.25, 0.3) is 0 Å². The largest absolute Gasteiger partial charge is 0.416 e. The van der Waals surface area contributed by atoms with Crippen LogP contribution in [0.1, 0.15) is 28.3 Å². The summed E-state index contributed by atoms with van der Waals surface area (Å²) in [4.78, 5) is 4.57. The average Bonchev–Trinajstić information content (AvgIpc) is 2.89. The Morgan fingerprint density at radius 3 is 1.89 bits per heavy atom. The van der Waals surface area contributed by atoms with Crippen molar-refractivity contribution in [2.24, 2.45) is 0 Å². The number of halogens is 7. The van der Waals surface area contributed by atoms with Gasteiger partial charge in [-0.05, 0) is 47.9 Å². The molecule has 0 bridgehead atoms. The van der Waals surface area contributed by atoms with E-state index in [0.717, 1.165) is 56.8 Å². The van der Waals surface area contributed by atoms with Gasteiger partial charge < -0.3 is 10.2 Å². The summed E-state index contributed by atoms with van der Waals surface area (Å²) in [5.74, 6) is 0. The summed E-state index contributed by atoms with van der Waals surface area (Å²) in [6, 6.07) is 18.6. The Hall–Kier alpha value is -2.75. The van der Waals surface area contributed by atoms with Gasteiger partial charge in [-0.15, -0.1) is 0 Å². The SMILES string of the molecule is FC(F)(F)c1cc(NCC(c2ccccc2)N2CCN(CCc3ccc(Cl)cc3)CC2)cc(C(F)(F)F)c1. The number of piperazine rings is 1. The molecule has 1 aliphatic rings. The maximum atomic E-state index is 13.3. The summed E-state index contributed by atoms with van der Waals surface area (Å²) < 4.78 is 79.8. The van der Waals surface area contributed by atoms with Gasteiger partial charge in [0.15, 0.2) is 0 Å². The molecular weight excluding hydrogens is 528 g/mol. The molecule has 4 rings (SSSR count). The number of rotatable bonds is 8. The molecule has 0 aliphatic carbocycles. The zero-order valence-corrected chi connectivity index (χ0v) is 21.3. The Balaban J connectivity index is 1.44. The standard InChI is InChI=1S/C28H28ClF6N3/c29-24-8-6-20(7-9-24)10-11-37-12-14-38(15-13-37)26(21-4-2-1-3-5-21)19-36-25-17-22(27(30,31)32)16-23(18-25)28(33,34)35/h1-9,16-18,26,36H,10-15,19H2. The molecule has 0 aromatic heterocycles. The maximum Gasteiger partial charge on any atom is 0.416 e. The summed E-state index contributed by atoms with van der Waals surface area (Å²) in [5.41, 5.74) is -0.740. The van der Waals surface area contributed by atoms with Crippen LogP contribution in [-0.4, -0.2) is 49.1 Å². The van der Waals surface area contributed by atoms with Crippen LogP contribution in [0.4, 0.5) is 32.0 Å². The quantitative estimate of drug-likeness (QED) is 0.292. The third kappa shape index (κ3) is 7.65. The molecule has 0 radical (unpaired) electrons. The molecule has 3 aromatic rings. The Bertz CT molecular complexity index is 1140. The van der Waals surface area contributed by atoms with Crippen LogP contribution in [0, 0.1) is 0 Å². The summed E-state index contributed by atoms with van der Waals surface area (Å²) in [6.45, 7) is 4.09. The Labute approximate surface area is 223 Å². The van der Waals surface area contributed by atoms with E-state index in [1.165, 1.54) is 5.56 Å². The first-order valence-corrected chi connectivity index (χ1v) is 12.7. The molecule has 3 nitrogen and oxygen atoms in total. The molecule has 1 saturated heterocycles. The van der Waals surface area contributed by atoms with Crippen molar-refractivity contribution < 1.29 is 26.3 Å². The topological polar surface area (TPSA) is 18.5 Å². The van der Waals surface area contributed by atoms with Gasteiger partial charge in [0.2, 0.25) is 0 Å². The molecule has 1 aliphatic heterocycles. The number of nitrogens with one attached hydrogen (secondary N) is 1. The van der Waals surface area contributed by atoms with Crippen molar-refractivity contribution in [1.29, 1.82) is 0 Å². The second kappa shape index (κ2) is 12.0. The lowest BCUT2D eigenvalue weighted by atomic mass is 10.0. The van der Waals surface area contributed by atoms with Gasteiger partial charge >= 0.3 is 12.4 Å². The predicted octanol–water partition coefficient (Wildman–Crippen LogP) is 7.39. The van der Waals surface area contributed by atoms with Gasteiger partial charge in [0.05, 0.1) is 17.2 Å². The first-order valence-electron chi connectivity index (χ1n) is 12.3. The van der Waals surface area contributed by atoms with Gasteiger partial charge in [-0.3, -0.25) is 4.90 Å². The van der Waals surface area contributed by atoms with E-state index in [9.17, 15) is 26.3 Å². The van der Waals surface area contributed by atoms with E-state index in [2.05, 4.69) is 15.1 Å². The monoisotopic (exact) mass is 555 g/mol. The lowest BCUT2D eigenvalue weighted by molar-refractivity contribution is -0.143. The Kier molecular flexibility index (Phi) is 8.90. The Morgan fingerprint density at radius 1 is 0.763 bits per heavy atom. The van der Waals surface area contributed by atoms with E-state index in [4.69, 9.17) is 11.6 Å². The highest BCUT2D eigenvalue weighted by atomic mass is 35.5. The fraction of sp³-hybridized carbons (Fsp3) is 0.357. The van der Waals surface area contributed by atoms with Crippen LogP contribution in [0.3, 0.4) is 0 Å². The molecule has 0 saturated carbocycles. The molecule has 1 N–H and O–H groups in total. The fourth-order valence-electron chi connectivity index (χ4n) is 4.64. The Morgan fingerprint density at radius 2 is 1.34 bits per heavy atom. The van der Waals surface area contributed by atoms with Crippen molar-refractivity contribution >= 4 is 17.3 Å². The smallest absolute Gasteiger partial charge is 0.383 e. The zero-order chi connectivity index (χ0) is 27.3. The second-order valence-electron chi connectivity index (χ2n) is 9.36. The minimum Gasteiger partial charge on any atom is -0.383 e. The van der Waals surface area contributed by atoms with Crippen LogP contribution >= 0.6 is 11.6 Å². The molecular formula is C28H28ClF6N3. The van der Waals surface area contributed by atoms with E-state index in [-0.39, 0.29) is 24.3 Å². The molecule has 1 heterocycles. The molecule has 204 valence electrons. The summed E-state index contributed by atoms with van der Waals surface area (Å²) in [5, 5.41) is 3.56. The summed E-state index contributed by atoms with van der Waals surface area (Å²) in [6.07, 6.45) is -8.89. The van der Waals surface area contributed by atoms with Crippen LogP contribution in [0.5, 0.6) is 0 Å². The van der Waals surface area contributed by atoms with Gasteiger partial charge in [-0.1, -0.05) is 54.1 Å². The van der Waals surface area contributed by atoms with E-state index in [0.29, 0.717) is 5.02 Å². The van der Waals surface area contributed by atoms with Gasteiger partial charge in [0, 0.05) is 50.0 Å². The number of hydrogen-bond donors (Lipinski definition) is 1. The molecule has 38 heavy (non-hydrogen) atoms. The number of anilines is 1. The number of alkyl halides is 6. The summed E-state index contributed by atoms with van der Waals surface area (Å²) in [7, 11) is 0. The summed E-state index contributed by atoms with van der Waals surface area (Å²) >= 11 is 5.96. The lowest BCUT2D eigenvalue weighted by Gasteiger charge is -2.39. The molecule has 1 atom stereocenters. The molecule has 0 amide bonds. The van der Waals surface area contributed by atoms with Crippen LogP contribution in [0.15, 0.2) is 72.8 Å². The third-order valence-corrected chi connectivity index (χ3v) is 7.00. The van der Waals surface area contributed by atoms with Crippen LogP contribution in [-0.2, 0) is 18.8 Å². The molecule has 0 spiro atoms. The van der Waals surface area contributed by atoms with Gasteiger partial charge in [-0.25, -0.2) is 0 Å². The first kappa shape index (κ1) is 28.3. The second-order valence-corrected chi connectivity index (χ2v) is 9.79. The highest BCUT2D eigenvalue weighted by molar-refractivity contribution is 6.30. The highest BCUT2D eigenvalue weighted by Crippen LogP contribution is 2.38. The zero-order valence-electron chi connectivity index (χ0n) is 20.5. The lowest BCUT2D eigenvalue weighted by Crippen LogP contribution is -2.49. The average molecular weight is 556 g/mol. The van der Waals surface area contributed by atoms with Crippen molar-refractivity contribution in [1.82, 2.24) is 9.80 Å². The number of hydrogen-bond acceptors (Lipinski definition) is 3. The third-order valence-electron chi connectivity index (χ3n) is 6.75. The van der Waals surface area contributed by atoms with Crippen molar-refractivity contribution in [2.45, 2.75) is 24.8 Å². The van der Waals surface area contributed by atoms with E-state index < -0.39 is 23.5 Å². The fourth-order valence-corrected chi connectivity index (χ4v) is 4.77. The maximum absolute atomic E-state index is 13.3. The normalized spacial score (nSPS) is 16.4. The minimum absolute atomic E-state index is 0.142. The van der Waals surface area contributed by atoms with Crippen LogP contribution in [0.2, 0.25) is 5.02 Å². The minimum atomic E-state index is -4.89. The van der Waals surface area contributed by atoms with Gasteiger partial charge in [0.25, 0.3) is 0 Å². The molecule has 1 fully saturated rings. The van der Waals surface area contributed by atoms with Crippen molar-refractivity contribution in [3.05, 3.63) is 100 Å². The number of nitrogens with zero attached hydrogens (tertiary/aromatic N) is 2. The molecule has 1 unspecified atom stereocenters. The molecule has 10 heteroatoms. The van der Waals surface area contributed by atoms with E-state index >= 15 is 0 Å². The highest BCUT2D eigenvalue weighted by Gasteiger charge is 2.37. The predicted molar refractivity (Wildman–Crippen MR) is 137 cm³/mol. The van der Waals surface area contributed by atoms with Gasteiger partial charge in [-0.2, -0.15) is 26.3 Å². The van der Waals surface area contributed by atoms with E-state index in [1.54, 1.807) is 0 Å². The first-order chi connectivity index (χ1) is 18.0.